The lowest BCUT2D eigenvalue weighted by molar-refractivity contribution is -0.385. The summed E-state index contributed by atoms with van der Waals surface area (Å²) in [5, 5.41) is 15.5. The highest BCUT2D eigenvalue weighted by atomic mass is 16.6. The minimum absolute atomic E-state index is 0.106. The number of H-pyrrole nitrogens is 1. The number of carbonyl (C=O) groups excluding carboxylic acids is 1. The topological polar surface area (TPSA) is 98.1 Å². The summed E-state index contributed by atoms with van der Waals surface area (Å²) < 4.78 is 4.25. The molecule has 0 aliphatic carbocycles. The summed E-state index contributed by atoms with van der Waals surface area (Å²) in [6.45, 7) is 0. The van der Waals surface area contributed by atoms with E-state index in [1.807, 2.05) is 0 Å². The van der Waals surface area contributed by atoms with E-state index in [2.05, 4.69) is 14.9 Å². The molecule has 13 heavy (non-hydrogen) atoms. The highest BCUT2D eigenvalue weighted by Crippen LogP contribution is 2.10. The number of nitrogens with zero attached hydrogens (tertiary/aromatic N) is 2. The molecule has 0 aliphatic rings. The van der Waals surface area contributed by atoms with Gasteiger partial charge >= 0.3 is 5.69 Å². The van der Waals surface area contributed by atoms with Crippen LogP contribution in [0.25, 0.3) is 0 Å². The predicted molar refractivity (Wildman–Crippen MR) is 43.6 cm³/mol. The molecule has 0 saturated heterocycles. The minimum atomic E-state index is -0.673. The second-order valence-electron chi connectivity index (χ2n) is 1.95. The van der Waals surface area contributed by atoms with Crippen molar-refractivity contribution in [2.75, 3.05) is 14.2 Å². The number of hydrogen-bond donors (Lipinski definition) is 1. The van der Waals surface area contributed by atoms with E-state index < -0.39 is 4.92 Å². The number of aromatic nitrogens is 2. The second kappa shape index (κ2) is 5.84. The quantitative estimate of drug-likeness (QED) is 0.410. The maximum Gasteiger partial charge on any atom is 0.317 e. The lowest BCUT2D eigenvalue weighted by Crippen LogP contribution is -1.90. The number of hydrogen-bond acceptors (Lipinski definition) is 5. The van der Waals surface area contributed by atoms with E-state index in [1.165, 1.54) is 0 Å². The van der Waals surface area contributed by atoms with Crippen molar-refractivity contribution >= 4 is 12.0 Å². The highest BCUT2D eigenvalue weighted by molar-refractivity contribution is 5.77. The number of methoxy groups -OCH3 is 1. The summed E-state index contributed by atoms with van der Waals surface area (Å²) in [7, 11) is 3.25. The summed E-state index contributed by atoms with van der Waals surface area (Å²) in [6.07, 6.45) is 1.34. The first-order chi connectivity index (χ1) is 6.17. The molecule has 7 heteroatoms. The Morgan fingerprint density at radius 2 is 2.23 bits per heavy atom. The molecule has 0 spiro atoms. The van der Waals surface area contributed by atoms with E-state index >= 15 is 0 Å². The van der Waals surface area contributed by atoms with E-state index in [1.54, 1.807) is 14.2 Å². The Morgan fingerprint density at radius 3 is 2.54 bits per heavy atom. The molecule has 72 valence electrons. The van der Waals surface area contributed by atoms with Gasteiger partial charge in [-0.15, -0.1) is 0 Å². The van der Waals surface area contributed by atoms with Crippen LogP contribution in [0.2, 0.25) is 0 Å². The fraction of sp³-hybridized carbons (Fsp3) is 0.333. The molecule has 0 unspecified atom stereocenters. The predicted octanol–water partition coefficient (Wildman–Crippen LogP) is 0.393. The number of rotatable bonds is 2. The summed E-state index contributed by atoms with van der Waals surface area (Å²) >= 11 is 0. The van der Waals surface area contributed by atoms with Crippen molar-refractivity contribution in [1.82, 2.24) is 10.2 Å². The fourth-order valence-electron chi connectivity index (χ4n) is 0.522. The standard InChI is InChI=1S/C4H3N3O3.C2H6O/c8-2-3-4(7(9)10)1-5-6-3;1-3-2/h1-2H,(H,5,6);1-2H3. The van der Waals surface area contributed by atoms with Crippen LogP contribution in [0.4, 0.5) is 5.69 Å². The van der Waals surface area contributed by atoms with Crippen LogP contribution in [0.3, 0.4) is 0 Å². The monoisotopic (exact) mass is 187 g/mol. The van der Waals surface area contributed by atoms with Crippen LogP contribution in [0.15, 0.2) is 6.20 Å². The van der Waals surface area contributed by atoms with Gasteiger partial charge in [0.05, 0.1) is 4.92 Å². The normalized spacial score (nSPS) is 8.46. The zero-order chi connectivity index (χ0) is 10.3. The molecule has 1 rings (SSSR count). The average molecular weight is 187 g/mol. The molecule has 1 N–H and O–H groups in total. The summed E-state index contributed by atoms with van der Waals surface area (Å²) in [6, 6.07) is 0. The zero-order valence-corrected chi connectivity index (χ0v) is 7.18. The molecule has 0 saturated carbocycles. The number of aromatic amines is 1. The Labute approximate surface area is 73.9 Å². The minimum Gasteiger partial charge on any atom is -0.388 e. The second-order valence-corrected chi connectivity index (χ2v) is 1.95. The maximum absolute atomic E-state index is 10.0. The highest BCUT2D eigenvalue weighted by Gasteiger charge is 2.13. The molecule has 1 heterocycles. The third-order valence-electron chi connectivity index (χ3n) is 0.962. The van der Waals surface area contributed by atoms with Gasteiger partial charge in [0.25, 0.3) is 0 Å². The van der Waals surface area contributed by atoms with E-state index in [0.29, 0.717) is 6.29 Å². The zero-order valence-electron chi connectivity index (χ0n) is 7.18. The number of nitrogens with one attached hydrogen (secondary N) is 1. The van der Waals surface area contributed by atoms with Gasteiger partial charge in [0, 0.05) is 14.2 Å². The number of carbonyl (C=O) groups is 1. The number of aldehydes is 1. The summed E-state index contributed by atoms with van der Waals surface area (Å²) in [5.74, 6) is 0. The molecule has 0 atom stereocenters. The van der Waals surface area contributed by atoms with Crippen molar-refractivity contribution in [2.24, 2.45) is 0 Å². The Morgan fingerprint density at radius 1 is 1.69 bits per heavy atom. The van der Waals surface area contributed by atoms with Crippen LogP contribution in [-0.4, -0.2) is 35.6 Å². The van der Waals surface area contributed by atoms with Crippen molar-refractivity contribution in [3.8, 4) is 0 Å². The third-order valence-corrected chi connectivity index (χ3v) is 0.962. The van der Waals surface area contributed by atoms with E-state index in [0.717, 1.165) is 6.20 Å². The van der Waals surface area contributed by atoms with Crippen LogP contribution >= 0.6 is 0 Å². The van der Waals surface area contributed by atoms with Gasteiger partial charge < -0.3 is 4.74 Å². The molecular formula is C6H9N3O4. The van der Waals surface area contributed by atoms with Gasteiger partial charge in [-0.2, -0.15) is 5.10 Å². The lowest BCUT2D eigenvalue weighted by atomic mass is 10.4. The molecule has 0 radical (unpaired) electrons. The summed E-state index contributed by atoms with van der Waals surface area (Å²) in [4.78, 5) is 19.4. The van der Waals surface area contributed by atoms with Gasteiger partial charge in [-0.3, -0.25) is 20.0 Å². The molecule has 1 aromatic rings. The van der Waals surface area contributed by atoms with Crippen molar-refractivity contribution in [3.63, 3.8) is 0 Å². The van der Waals surface area contributed by atoms with Gasteiger partial charge in [-0.1, -0.05) is 0 Å². The Bertz CT molecular complexity index is 283. The van der Waals surface area contributed by atoms with Crippen LogP contribution in [-0.2, 0) is 4.74 Å². The van der Waals surface area contributed by atoms with Gasteiger partial charge in [0.1, 0.15) is 6.20 Å². The average Bonchev–Trinajstić information content (AvgIpc) is 2.52. The van der Waals surface area contributed by atoms with Crippen LogP contribution in [0.1, 0.15) is 10.5 Å². The molecule has 1 aromatic heterocycles. The van der Waals surface area contributed by atoms with Crippen LogP contribution in [0, 0.1) is 10.1 Å². The molecule has 0 aliphatic heterocycles. The van der Waals surface area contributed by atoms with E-state index in [-0.39, 0.29) is 11.4 Å². The summed E-state index contributed by atoms with van der Waals surface area (Å²) in [5.41, 5.74) is -0.403. The van der Waals surface area contributed by atoms with Crippen molar-refractivity contribution < 1.29 is 14.5 Å². The fourth-order valence-corrected chi connectivity index (χ4v) is 0.522. The Kier molecular flexibility index (Phi) is 5.05. The van der Waals surface area contributed by atoms with Crippen molar-refractivity contribution in [2.45, 2.75) is 0 Å². The number of ether oxygens (including phenoxy) is 1. The van der Waals surface area contributed by atoms with Crippen LogP contribution in [0.5, 0.6) is 0 Å². The van der Waals surface area contributed by atoms with Crippen LogP contribution < -0.4 is 0 Å². The largest absolute Gasteiger partial charge is 0.388 e. The van der Waals surface area contributed by atoms with Gasteiger partial charge in [-0.25, -0.2) is 0 Å². The first-order valence-electron chi connectivity index (χ1n) is 3.20. The first-order valence-corrected chi connectivity index (χ1v) is 3.20. The van der Waals surface area contributed by atoms with Gasteiger partial charge in [0.15, 0.2) is 12.0 Å². The maximum atomic E-state index is 10.0. The SMILES string of the molecule is COC.O=Cc1[nH]ncc1[N+](=O)[O-]. The van der Waals surface area contributed by atoms with E-state index in [4.69, 9.17) is 0 Å². The third kappa shape index (κ3) is 3.43. The number of nitro groups is 1. The Hall–Kier alpha value is -1.76. The van der Waals surface area contributed by atoms with Gasteiger partial charge in [-0.05, 0) is 0 Å². The molecule has 7 nitrogen and oxygen atoms in total. The van der Waals surface area contributed by atoms with E-state index in [9.17, 15) is 14.9 Å². The molecule has 0 fully saturated rings. The molecule has 0 aromatic carbocycles. The molecular weight excluding hydrogens is 178 g/mol. The van der Waals surface area contributed by atoms with Crippen molar-refractivity contribution in [3.05, 3.63) is 22.0 Å². The smallest absolute Gasteiger partial charge is 0.317 e. The van der Waals surface area contributed by atoms with Crippen molar-refractivity contribution in [1.29, 1.82) is 0 Å². The molecule has 0 amide bonds. The van der Waals surface area contributed by atoms with Gasteiger partial charge in [0.2, 0.25) is 0 Å². The molecule has 0 bridgehead atoms. The lowest BCUT2D eigenvalue weighted by Gasteiger charge is -1.81. The Balaban J connectivity index is 0.000000424. The first kappa shape index (κ1) is 11.2.